The Morgan fingerprint density at radius 1 is 1.62 bits per heavy atom. The molecule has 0 saturated heterocycles. The summed E-state index contributed by atoms with van der Waals surface area (Å²) in [5.41, 5.74) is 2.03. The van der Waals surface area contributed by atoms with Gasteiger partial charge in [0, 0.05) is 20.2 Å². The largest absolute Gasteiger partial charge is 0.395 e. The zero-order chi connectivity index (χ0) is 10.1. The Morgan fingerprint density at radius 3 is 2.77 bits per heavy atom. The molecule has 0 rings (SSSR count). The van der Waals surface area contributed by atoms with Gasteiger partial charge in [-0.2, -0.15) is 0 Å². The third kappa shape index (κ3) is 6.47. The molecular weight excluding hydrogens is 174 g/mol. The highest BCUT2D eigenvalue weighted by Gasteiger charge is 2.08. The maximum absolute atomic E-state index is 10.9. The van der Waals surface area contributed by atoms with E-state index in [0.717, 1.165) is 0 Å². The summed E-state index contributed by atoms with van der Waals surface area (Å²) in [5, 5.41) is 8.68. The highest BCUT2D eigenvalue weighted by molar-refractivity contribution is 5.77. The fourth-order valence-electron chi connectivity index (χ4n) is 0.880. The van der Waals surface area contributed by atoms with E-state index in [0.29, 0.717) is 19.7 Å². The van der Waals surface area contributed by atoms with Gasteiger partial charge in [0.25, 0.3) is 0 Å². The molecular formula is C7H17N3O3. The number of nitrogens with one attached hydrogen (secondary N) is 1. The second-order valence-electron chi connectivity index (χ2n) is 2.56. The van der Waals surface area contributed by atoms with Gasteiger partial charge in [0.1, 0.15) is 0 Å². The number of methoxy groups -OCH3 is 1. The minimum Gasteiger partial charge on any atom is -0.395 e. The molecule has 0 aliphatic heterocycles. The van der Waals surface area contributed by atoms with Crippen LogP contribution in [-0.2, 0) is 9.53 Å². The molecule has 0 aromatic rings. The molecule has 0 aliphatic carbocycles. The summed E-state index contributed by atoms with van der Waals surface area (Å²) >= 11 is 0. The van der Waals surface area contributed by atoms with E-state index in [1.54, 1.807) is 12.0 Å². The third-order valence-electron chi connectivity index (χ3n) is 1.56. The molecule has 1 amide bonds. The van der Waals surface area contributed by atoms with Crippen molar-refractivity contribution in [2.75, 3.05) is 40.0 Å². The maximum atomic E-state index is 10.9. The number of hydrogen-bond donors (Lipinski definition) is 3. The summed E-state index contributed by atoms with van der Waals surface area (Å²) in [6, 6.07) is 0. The molecule has 78 valence electrons. The number of hydrazine groups is 1. The van der Waals surface area contributed by atoms with Gasteiger partial charge in [-0.05, 0) is 0 Å². The number of amides is 1. The topological polar surface area (TPSA) is 87.8 Å². The van der Waals surface area contributed by atoms with Gasteiger partial charge in [-0.1, -0.05) is 0 Å². The summed E-state index contributed by atoms with van der Waals surface area (Å²) in [6.07, 6.45) is 0. The first-order valence-corrected chi connectivity index (χ1v) is 4.06. The number of aliphatic hydroxyl groups is 1. The van der Waals surface area contributed by atoms with Gasteiger partial charge in [-0.3, -0.25) is 15.1 Å². The summed E-state index contributed by atoms with van der Waals surface area (Å²) in [7, 11) is 1.58. The van der Waals surface area contributed by atoms with Crippen LogP contribution in [0.15, 0.2) is 0 Å². The van der Waals surface area contributed by atoms with E-state index in [-0.39, 0.29) is 19.1 Å². The summed E-state index contributed by atoms with van der Waals surface area (Å²) < 4.78 is 4.85. The fourth-order valence-corrected chi connectivity index (χ4v) is 0.880. The number of rotatable bonds is 7. The first-order chi connectivity index (χ1) is 6.24. The van der Waals surface area contributed by atoms with Gasteiger partial charge in [-0.15, -0.1) is 0 Å². The van der Waals surface area contributed by atoms with Crippen molar-refractivity contribution in [3.8, 4) is 0 Å². The van der Waals surface area contributed by atoms with Gasteiger partial charge in [-0.25, -0.2) is 5.84 Å². The minimum absolute atomic E-state index is 0.0154. The fraction of sp³-hybridized carbons (Fsp3) is 0.857. The smallest absolute Gasteiger partial charge is 0.248 e. The van der Waals surface area contributed by atoms with E-state index >= 15 is 0 Å². The summed E-state index contributed by atoms with van der Waals surface area (Å²) in [6.45, 7) is 1.76. The number of nitrogens with zero attached hydrogens (tertiary/aromatic N) is 1. The quantitative estimate of drug-likeness (QED) is 0.244. The van der Waals surface area contributed by atoms with Gasteiger partial charge in [0.05, 0.1) is 19.8 Å². The Kier molecular flexibility index (Phi) is 7.51. The molecule has 0 unspecified atom stereocenters. The lowest BCUT2D eigenvalue weighted by atomic mass is 10.4. The van der Waals surface area contributed by atoms with Crippen LogP contribution in [0.3, 0.4) is 0 Å². The van der Waals surface area contributed by atoms with Crippen LogP contribution in [0.2, 0.25) is 0 Å². The lowest BCUT2D eigenvalue weighted by Gasteiger charge is -2.19. The van der Waals surface area contributed by atoms with Crippen LogP contribution in [0.5, 0.6) is 0 Å². The average molecular weight is 191 g/mol. The van der Waals surface area contributed by atoms with E-state index in [4.69, 9.17) is 15.7 Å². The van der Waals surface area contributed by atoms with Crippen molar-refractivity contribution in [3.05, 3.63) is 0 Å². The van der Waals surface area contributed by atoms with Crippen molar-refractivity contribution >= 4 is 5.91 Å². The molecule has 0 heterocycles. The minimum atomic E-state index is -0.274. The molecule has 0 spiro atoms. The highest BCUT2D eigenvalue weighted by atomic mass is 16.5. The van der Waals surface area contributed by atoms with Crippen molar-refractivity contribution < 1.29 is 14.6 Å². The first-order valence-electron chi connectivity index (χ1n) is 4.06. The highest BCUT2D eigenvalue weighted by Crippen LogP contribution is 1.87. The molecule has 6 nitrogen and oxygen atoms in total. The molecule has 0 aromatic heterocycles. The Morgan fingerprint density at radius 2 is 2.31 bits per heavy atom. The molecule has 0 aliphatic rings. The van der Waals surface area contributed by atoms with Gasteiger partial charge < -0.3 is 9.84 Å². The average Bonchev–Trinajstić information content (AvgIpc) is 2.14. The third-order valence-corrected chi connectivity index (χ3v) is 1.56. The molecule has 0 aromatic carbocycles. The van der Waals surface area contributed by atoms with Crippen molar-refractivity contribution in [1.82, 2.24) is 10.3 Å². The molecule has 0 saturated carbocycles. The Hall–Kier alpha value is -0.690. The van der Waals surface area contributed by atoms with Crippen molar-refractivity contribution in [3.63, 3.8) is 0 Å². The SMILES string of the molecule is COCCN(CCO)CC(=O)NN. The van der Waals surface area contributed by atoms with E-state index in [2.05, 4.69) is 0 Å². The molecule has 0 radical (unpaired) electrons. The summed E-state index contributed by atoms with van der Waals surface area (Å²) in [5.74, 6) is 4.65. The van der Waals surface area contributed by atoms with Crippen LogP contribution in [0, 0.1) is 0 Å². The Labute approximate surface area is 77.6 Å². The normalized spacial score (nSPS) is 10.5. The van der Waals surface area contributed by atoms with E-state index < -0.39 is 0 Å². The number of hydrogen-bond acceptors (Lipinski definition) is 5. The van der Waals surface area contributed by atoms with Crippen molar-refractivity contribution in [1.29, 1.82) is 0 Å². The van der Waals surface area contributed by atoms with Crippen molar-refractivity contribution in [2.45, 2.75) is 0 Å². The Balaban J connectivity index is 3.71. The van der Waals surface area contributed by atoms with Crippen LogP contribution in [0.1, 0.15) is 0 Å². The van der Waals surface area contributed by atoms with Crippen LogP contribution < -0.4 is 11.3 Å². The number of carbonyl (C=O) groups excluding carboxylic acids is 1. The standard InChI is InChI=1S/C7H17N3O3/c1-13-5-3-10(2-4-11)6-7(12)9-8/h11H,2-6,8H2,1H3,(H,9,12). The molecule has 0 bridgehead atoms. The second kappa shape index (κ2) is 7.93. The lowest BCUT2D eigenvalue weighted by Crippen LogP contribution is -2.42. The number of aliphatic hydroxyl groups excluding tert-OH is 1. The first kappa shape index (κ1) is 12.3. The molecule has 6 heteroatoms. The van der Waals surface area contributed by atoms with Crippen LogP contribution >= 0.6 is 0 Å². The van der Waals surface area contributed by atoms with Gasteiger partial charge >= 0.3 is 0 Å². The molecule has 0 atom stereocenters. The van der Waals surface area contributed by atoms with E-state index in [1.807, 2.05) is 5.43 Å². The predicted octanol–water partition coefficient (Wildman–Crippen LogP) is -2.08. The number of nitrogens with two attached hydrogens (primary N) is 1. The monoisotopic (exact) mass is 191 g/mol. The number of ether oxygens (including phenoxy) is 1. The van der Waals surface area contributed by atoms with E-state index in [9.17, 15) is 4.79 Å². The van der Waals surface area contributed by atoms with Gasteiger partial charge in [0.2, 0.25) is 5.91 Å². The Bertz CT molecular complexity index is 143. The van der Waals surface area contributed by atoms with E-state index in [1.165, 1.54) is 0 Å². The van der Waals surface area contributed by atoms with Crippen LogP contribution in [0.25, 0.3) is 0 Å². The summed E-state index contributed by atoms with van der Waals surface area (Å²) in [4.78, 5) is 12.6. The molecule has 0 fully saturated rings. The second-order valence-corrected chi connectivity index (χ2v) is 2.56. The predicted molar refractivity (Wildman–Crippen MR) is 47.7 cm³/mol. The van der Waals surface area contributed by atoms with Gasteiger partial charge in [0.15, 0.2) is 0 Å². The maximum Gasteiger partial charge on any atom is 0.248 e. The van der Waals surface area contributed by atoms with Crippen LogP contribution in [-0.4, -0.2) is 55.9 Å². The molecule has 4 N–H and O–H groups in total. The van der Waals surface area contributed by atoms with Crippen LogP contribution in [0.4, 0.5) is 0 Å². The zero-order valence-electron chi connectivity index (χ0n) is 7.82. The number of carbonyl (C=O) groups is 1. The zero-order valence-corrected chi connectivity index (χ0v) is 7.82. The lowest BCUT2D eigenvalue weighted by molar-refractivity contribution is -0.122. The van der Waals surface area contributed by atoms with Crippen molar-refractivity contribution in [2.24, 2.45) is 5.84 Å². The molecule has 13 heavy (non-hydrogen) atoms.